The Labute approximate surface area is 240 Å². The Morgan fingerprint density at radius 3 is 2.33 bits per heavy atom. The van der Waals surface area contributed by atoms with Gasteiger partial charge in [0, 0.05) is 34.8 Å². The minimum Gasteiger partial charge on any atom is -0.465 e. The van der Waals surface area contributed by atoms with Crippen molar-refractivity contribution in [3.8, 4) is 22.8 Å². The van der Waals surface area contributed by atoms with E-state index in [9.17, 15) is 33.0 Å². The molecule has 0 saturated heterocycles. The molecule has 0 unspecified atom stereocenters. The monoisotopic (exact) mass is 571 g/mol. The Balaban J connectivity index is 1.64. The zero-order valence-corrected chi connectivity index (χ0v) is 21.3. The Morgan fingerprint density at radius 1 is 0.952 bits per heavy atom. The summed E-state index contributed by atoms with van der Waals surface area (Å²) in [6, 6.07) is 11.1. The molecule has 4 rings (SSSR count). The van der Waals surface area contributed by atoms with Gasteiger partial charge in [0.05, 0.1) is 5.52 Å². The number of aromatic nitrogens is 3. The summed E-state index contributed by atoms with van der Waals surface area (Å²) >= 11 is 0. The number of fused-ring (bicyclic) bond motifs is 1. The fraction of sp³-hybridized carbons (Fsp3) is 0.167. The van der Waals surface area contributed by atoms with Crippen LogP contribution in [0.15, 0.2) is 54.7 Å². The second-order valence-electron chi connectivity index (χ2n) is 8.88. The van der Waals surface area contributed by atoms with E-state index in [-0.39, 0.29) is 16.8 Å². The van der Waals surface area contributed by atoms with E-state index in [1.165, 1.54) is 36.5 Å². The minimum absolute atomic E-state index is 0.0103. The SMILES string of the molecule is [B]C([B])(O)NC(=O)c1n[nH]c2cc(-c3cnc(OC([B])([B])O)c(C(=O)NCc4ccccc4OC(F)(F)F)c3)ccc12. The number of aliphatic hydroxyl groups is 2. The summed E-state index contributed by atoms with van der Waals surface area (Å²) in [4.78, 5) is 29.5. The van der Waals surface area contributed by atoms with Gasteiger partial charge < -0.3 is 30.3 Å². The number of nitrogens with zero attached hydrogens (tertiary/aromatic N) is 2. The molecule has 2 aromatic heterocycles. The highest BCUT2D eigenvalue weighted by molar-refractivity contribution is 6.39. The molecule has 0 bridgehead atoms. The largest absolute Gasteiger partial charge is 0.573 e. The van der Waals surface area contributed by atoms with Gasteiger partial charge in [0.25, 0.3) is 11.8 Å². The number of rotatable bonds is 9. The third-order valence-corrected chi connectivity index (χ3v) is 5.42. The Hall–Kier alpha value is -4.43. The molecule has 0 aliphatic heterocycles. The Bertz CT molecular complexity index is 1640. The number of hydrogen-bond donors (Lipinski definition) is 5. The molecule has 2 aromatic carbocycles. The molecule has 0 spiro atoms. The molecule has 0 saturated carbocycles. The van der Waals surface area contributed by atoms with Gasteiger partial charge in [-0.15, -0.1) is 13.2 Å². The van der Waals surface area contributed by atoms with Gasteiger partial charge in [0.1, 0.15) is 32.6 Å². The Kier molecular flexibility index (Phi) is 8.32. The van der Waals surface area contributed by atoms with E-state index in [4.69, 9.17) is 36.1 Å². The Morgan fingerprint density at radius 2 is 1.67 bits per heavy atom. The van der Waals surface area contributed by atoms with Crippen molar-refractivity contribution in [3.63, 3.8) is 0 Å². The van der Waals surface area contributed by atoms with Crippen molar-refractivity contribution in [1.29, 1.82) is 0 Å². The first-order valence-electron chi connectivity index (χ1n) is 11.7. The highest BCUT2D eigenvalue weighted by Crippen LogP contribution is 2.30. The fourth-order valence-corrected chi connectivity index (χ4v) is 3.77. The quantitative estimate of drug-likeness (QED) is 0.143. The molecule has 0 aliphatic carbocycles. The number of nitrogens with one attached hydrogen (secondary N) is 3. The molecule has 2 amide bonds. The number of ether oxygens (including phenoxy) is 2. The molecule has 11 nitrogen and oxygen atoms in total. The van der Waals surface area contributed by atoms with Gasteiger partial charge >= 0.3 is 6.36 Å². The van der Waals surface area contributed by atoms with Crippen LogP contribution >= 0.6 is 0 Å². The van der Waals surface area contributed by atoms with E-state index >= 15 is 0 Å². The first kappa shape index (κ1) is 30.5. The molecular weight excluding hydrogens is 555 g/mol. The molecule has 0 fully saturated rings. The number of aromatic amines is 1. The average molecular weight is 571 g/mol. The lowest BCUT2D eigenvalue weighted by atomic mass is 9.73. The highest BCUT2D eigenvalue weighted by atomic mass is 19.4. The van der Waals surface area contributed by atoms with Crippen LogP contribution in [0.4, 0.5) is 13.2 Å². The summed E-state index contributed by atoms with van der Waals surface area (Å²) in [5.74, 6) is -2.73. The maximum Gasteiger partial charge on any atom is 0.573 e. The molecule has 0 aliphatic rings. The summed E-state index contributed by atoms with van der Waals surface area (Å²) < 4.78 is 47.3. The molecule has 4 aromatic rings. The molecule has 18 heteroatoms. The maximum atomic E-state index is 13.2. The lowest BCUT2D eigenvalue weighted by Gasteiger charge is -2.22. The van der Waals surface area contributed by atoms with Gasteiger partial charge in [-0.3, -0.25) is 14.7 Å². The van der Waals surface area contributed by atoms with Gasteiger partial charge in [-0.25, -0.2) is 4.98 Å². The molecule has 42 heavy (non-hydrogen) atoms. The van der Waals surface area contributed by atoms with Gasteiger partial charge in [-0.1, -0.05) is 24.3 Å². The summed E-state index contributed by atoms with van der Waals surface area (Å²) in [5, 5.41) is 30.4. The van der Waals surface area contributed by atoms with Crippen molar-refractivity contribution >= 4 is 54.1 Å². The number of hydrogen-bond acceptors (Lipinski definition) is 8. The highest BCUT2D eigenvalue weighted by Gasteiger charge is 2.32. The third kappa shape index (κ3) is 7.85. The first-order chi connectivity index (χ1) is 19.5. The zero-order valence-electron chi connectivity index (χ0n) is 21.3. The van der Waals surface area contributed by atoms with Crippen molar-refractivity contribution in [2.45, 2.75) is 24.0 Å². The topological polar surface area (TPSA) is 159 Å². The fourth-order valence-electron chi connectivity index (χ4n) is 3.77. The molecule has 5 N–H and O–H groups in total. The van der Waals surface area contributed by atoms with E-state index in [1.54, 1.807) is 12.1 Å². The van der Waals surface area contributed by atoms with Crippen LogP contribution in [0.2, 0.25) is 0 Å². The molecular formula is C24H16B4F3N5O6. The summed E-state index contributed by atoms with van der Waals surface area (Å²) in [6.45, 7) is -0.393. The average Bonchev–Trinajstić information content (AvgIpc) is 3.29. The molecule has 8 radical (unpaired) electrons. The number of pyridine rings is 1. The number of carbonyl (C=O) groups is 2. The van der Waals surface area contributed by atoms with E-state index in [0.29, 0.717) is 22.0 Å². The lowest BCUT2D eigenvalue weighted by Crippen LogP contribution is -2.49. The number of amides is 2. The second kappa shape index (κ2) is 11.4. The van der Waals surface area contributed by atoms with Gasteiger partial charge in [0.15, 0.2) is 21.4 Å². The summed E-state index contributed by atoms with van der Waals surface area (Å²) in [7, 11) is 21.0. The predicted molar refractivity (Wildman–Crippen MR) is 145 cm³/mol. The van der Waals surface area contributed by atoms with Crippen molar-refractivity contribution < 1.29 is 42.4 Å². The number of halogens is 3. The van der Waals surface area contributed by atoms with Crippen LogP contribution in [-0.4, -0.2) is 86.1 Å². The van der Waals surface area contributed by atoms with Crippen LogP contribution in [0.25, 0.3) is 22.0 Å². The standard InChI is InChI=1S/C24H16B4F3N5O6/c25-22(26,39)34-20(38)18-14-6-5-11(8-16(14)35-36-18)13-7-15(21(33-10-13)42-23(27,28)40)19(37)32-9-12-3-1-2-4-17(12)41-24(29,30)31/h1-8,10,39-40H,9H2,(H,32,37)(H,34,38)(H,35,36). The number of carbonyl (C=O) groups excluding carboxylic acids is 2. The normalized spacial score (nSPS) is 12.1. The van der Waals surface area contributed by atoms with E-state index in [0.717, 1.165) is 6.07 Å². The lowest BCUT2D eigenvalue weighted by molar-refractivity contribution is -0.274. The van der Waals surface area contributed by atoms with E-state index in [1.807, 2.05) is 5.32 Å². The van der Waals surface area contributed by atoms with Crippen molar-refractivity contribution in [3.05, 3.63) is 71.5 Å². The van der Waals surface area contributed by atoms with Crippen molar-refractivity contribution in [2.24, 2.45) is 0 Å². The number of benzene rings is 2. The van der Waals surface area contributed by atoms with Crippen LogP contribution in [0.3, 0.4) is 0 Å². The van der Waals surface area contributed by atoms with Crippen LogP contribution in [0.1, 0.15) is 26.4 Å². The van der Waals surface area contributed by atoms with E-state index < -0.39 is 47.5 Å². The van der Waals surface area contributed by atoms with Gasteiger partial charge in [-0.05, 0) is 29.8 Å². The van der Waals surface area contributed by atoms with Gasteiger partial charge in [-0.2, -0.15) is 5.10 Å². The van der Waals surface area contributed by atoms with Crippen LogP contribution < -0.4 is 20.1 Å². The molecule has 2 heterocycles. The van der Waals surface area contributed by atoms with Crippen molar-refractivity contribution in [2.75, 3.05) is 0 Å². The predicted octanol–water partition coefficient (Wildman–Crippen LogP) is 0.443. The second-order valence-corrected chi connectivity index (χ2v) is 8.88. The molecule has 206 valence electrons. The summed E-state index contributed by atoms with van der Waals surface area (Å²) in [6.07, 6.45) is -3.69. The zero-order chi connectivity index (χ0) is 30.9. The van der Waals surface area contributed by atoms with Crippen LogP contribution in [0.5, 0.6) is 11.6 Å². The minimum atomic E-state index is -4.95. The van der Waals surface area contributed by atoms with Crippen molar-refractivity contribution in [1.82, 2.24) is 25.8 Å². The molecule has 0 atom stereocenters. The van der Waals surface area contributed by atoms with Gasteiger partial charge in [0.2, 0.25) is 5.88 Å². The maximum absolute atomic E-state index is 13.2. The van der Waals surface area contributed by atoms with E-state index in [2.05, 4.69) is 25.2 Å². The smallest absolute Gasteiger partial charge is 0.465 e. The van der Waals surface area contributed by atoms with Crippen LogP contribution in [-0.2, 0) is 6.54 Å². The number of para-hydroxylation sites is 1. The van der Waals surface area contributed by atoms with Crippen LogP contribution in [0, 0.1) is 0 Å². The number of H-pyrrole nitrogens is 1. The third-order valence-electron chi connectivity index (χ3n) is 5.42. The first-order valence-corrected chi connectivity index (χ1v) is 11.7. The summed E-state index contributed by atoms with van der Waals surface area (Å²) in [5.41, 5.74) is -4.44. The number of alkyl halides is 3.